The number of nitrogens with two attached hydrogens (primary N) is 1. The van der Waals surface area contributed by atoms with Crippen LogP contribution in [0.5, 0.6) is 0 Å². The maximum absolute atomic E-state index is 12.3. The molecule has 0 fully saturated rings. The van der Waals surface area contributed by atoms with E-state index in [2.05, 4.69) is 15.4 Å². The number of hydrogen-bond donors (Lipinski definition) is 2. The summed E-state index contributed by atoms with van der Waals surface area (Å²) in [4.78, 5) is 29.1. The minimum atomic E-state index is -0.670. The number of amides is 2. The minimum Gasteiger partial charge on any atom is -0.368 e. The Morgan fingerprint density at radius 1 is 1.35 bits per heavy atom. The molecule has 3 rings (SSSR count). The number of aryl methyl sites for hydroxylation is 1. The van der Waals surface area contributed by atoms with E-state index in [9.17, 15) is 9.59 Å². The van der Waals surface area contributed by atoms with Crippen LogP contribution in [0.25, 0.3) is 0 Å². The van der Waals surface area contributed by atoms with Crippen LogP contribution in [-0.4, -0.2) is 28.6 Å². The summed E-state index contributed by atoms with van der Waals surface area (Å²) in [5.74, 6) is -0.894. The van der Waals surface area contributed by atoms with Crippen LogP contribution in [0.1, 0.15) is 11.3 Å². The summed E-state index contributed by atoms with van der Waals surface area (Å²) in [7, 11) is 0. The molecule has 8 heteroatoms. The molecule has 7 nitrogen and oxygen atoms in total. The number of thiazole rings is 1. The predicted octanol–water partition coefficient (Wildman–Crippen LogP) is 1.51. The minimum absolute atomic E-state index is 0.167. The number of hydrogen-bond acceptors (Lipinski definition) is 6. The van der Waals surface area contributed by atoms with Gasteiger partial charge in [0, 0.05) is 17.5 Å². The SMILES string of the molecule is Cc1cnc(NC(=O)C2=NN(c3ccccc3)[C@H](C(N)=O)C2)s1. The number of nitrogens with one attached hydrogen (secondary N) is 1. The number of rotatable bonds is 4. The number of anilines is 2. The molecule has 118 valence electrons. The van der Waals surface area contributed by atoms with E-state index >= 15 is 0 Å². The van der Waals surface area contributed by atoms with Crippen LogP contribution in [0.15, 0.2) is 41.6 Å². The van der Waals surface area contributed by atoms with E-state index in [1.54, 1.807) is 6.20 Å². The maximum Gasteiger partial charge on any atom is 0.273 e. The van der Waals surface area contributed by atoms with E-state index in [4.69, 9.17) is 5.73 Å². The van der Waals surface area contributed by atoms with Crippen molar-refractivity contribution in [3.05, 3.63) is 41.4 Å². The van der Waals surface area contributed by atoms with E-state index in [0.29, 0.717) is 10.8 Å². The van der Waals surface area contributed by atoms with Gasteiger partial charge in [0.15, 0.2) is 5.13 Å². The number of primary amides is 1. The first-order valence-electron chi connectivity index (χ1n) is 6.99. The molecular formula is C15H15N5O2S. The Morgan fingerprint density at radius 3 is 2.70 bits per heavy atom. The van der Waals surface area contributed by atoms with Crippen molar-refractivity contribution in [1.82, 2.24) is 4.98 Å². The molecule has 2 aromatic rings. The second-order valence-corrected chi connectivity index (χ2v) is 6.31. The van der Waals surface area contributed by atoms with E-state index < -0.39 is 11.9 Å². The number of carbonyl (C=O) groups excluding carboxylic acids is 2. The summed E-state index contributed by atoms with van der Waals surface area (Å²) < 4.78 is 0. The molecule has 3 N–H and O–H groups in total. The van der Waals surface area contributed by atoms with Crippen molar-refractivity contribution >= 4 is 39.7 Å². The number of para-hydroxylation sites is 1. The fourth-order valence-electron chi connectivity index (χ4n) is 2.27. The normalized spacial score (nSPS) is 17.0. The molecule has 0 spiro atoms. The number of benzene rings is 1. The van der Waals surface area contributed by atoms with Gasteiger partial charge in [0.2, 0.25) is 5.91 Å². The number of nitrogens with zero attached hydrogens (tertiary/aromatic N) is 3. The van der Waals surface area contributed by atoms with Crippen LogP contribution in [0.4, 0.5) is 10.8 Å². The first-order chi connectivity index (χ1) is 11.0. The van der Waals surface area contributed by atoms with Crippen LogP contribution in [0.3, 0.4) is 0 Å². The van der Waals surface area contributed by atoms with Crippen LogP contribution in [0.2, 0.25) is 0 Å². The van der Waals surface area contributed by atoms with Gasteiger partial charge < -0.3 is 5.73 Å². The lowest BCUT2D eigenvalue weighted by atomic mass is 10.1. The summed E-state index contributed by atoms with van der Waals surface area (Å²) in [5, 5.41) is 8.97. The number of aromatic nitrogens is 1. The zero-order valence-electron chi connectivity index (χ0n) is 12.4. The van der Waals surface area contributed by atoms with Crippen molar-refractivity contribution in [3.63, 3.8) is 0 Å². The average molecular weight is 329 g/mol. The van der Waals surface area contributed by atoms with Gasteiger partial charge in [0.05, 0.1) is 5.69 Å². The average Bonchev–Trinajstić information content (AvgIpc) is 3.15. The van der Waals surface area contributed by atoms with Crippen molar-refractivity contribution in [2.75, 3.05) is 10.3 Å². The van der Waals surface area contributed by atoms with Crippen molar-refractivity contribution in [2.45, 2.75) is 19.4 Å². The molecule has 0 saturated carbocycles. The fourth-order valence-corrected chi connectivity index (χ4v) is 2.93. The van der Waals surface area contributed by atoms with Crippen LogP contribution >= 0.6 is 11.3 Å². The van der Waals surface area contributed by atoms with E-state index in [1.807, 2.05) is 37.3 Å². The topological polar surface area (TPSA) is 101 Å². The Kier molecular flexibility index (Phi) is 4.07. The van der Waals surface area contributed by atoms with Crippen molar-refractivity contribution in [1.29, 1.82) is 0 Å². The summed E-state index contributed by atoms with van der Waals surface area (Å²) in [6.07, 6.45) is 1.85. The molecule has 23 heavy (non-hydrogen) atoms. The maximum atomic E-state index is 12.3. The van der Waals surface area contributed by atoms with Crippen molar-refractivity contribution in [2.24, 2.45) is 10.8 Å². The molecule has 2 amide bonds. The molecule has 1 aliphatic heterocycles. The summed E-state index contributed by atoms with van der Waals surface area (Å²) in [6.45, 7) is 1.90. The smallest absolute Gasteiger partial charge is 0.273 e. The standard InChI is InChI=1S/C15H15N5O2S/c1-9-8-17-15(23-9)18-14(22)11-7-12(13(16)21)20(19-11)10-5-3-2-4-6-10/h2-6,8,12H,7H2,1H3,(H2,16,21)(H,17,18,22)/t12-/m0/s1. The van der Waals surface area contributed by atoms with Gasteiger partial charge in [-0.05, 0) is 19.1 Å². The summed E-state index contributed by atoms with van der Waals surface area (Å²) >= 11 is 1.38. The Morgan fingerprint density at radius 2 is 2.09 bits per heavy atom. The second-order valence-electron chi connectivity index (χ2n) is 5.08. The molecule has 0 saturated heterocycles. The molecule has 0 unspecified atom stereocenters. The Hall–Kier alpha value is -2.74. The number of carbonyl (C=O) groups is 2. The van der Waals surface area contributed by atoms with E-state index in [-0.39, 0.29) is 18.0 Å². The Balaban J connectivity index is 1.82. The zero-order valence-corrected chi connectivity index (χ0v) is 13.2. The van der Waals surface area contributed by atoms with Crippen LogP contribution < -0.4 is 16.1 Å². The van der Waals surface area contributed by atoms with Crippen molar-refractivity contribution in [3.8, 4) is 0 Å². The summed E-state index contributed by atoms with van der Waals surface area (Å²) in [5.41, 5.74) is 6.42. The molecule has 0 aliphatic carbocycles. The van der Waals surface area contributed by atoms with Crippen molar-refractivity contribution < 1.29 is 9.59 Å². The van der Waals surface area contributed by atoms with E-state index in [1.165, 1.54) is 16.3 Å². The van der Waals surface area contributed by atoms with Crippen LogP contribution in [-0.2, 0) is 9.59 Å². The molecule has 0 radical (unpaired) electrons. The van der Waals surface area contributed by atoms with Gasteiger partial charge in [0.1, 0.15) is 11.8 Å². The summed E-state index contributed by atoms with van der Waals surface area (Å²) in [6, 6.07) is 8.48. The third-order valence-corrected chi connectivity index (χ3v) is 4.19. The van der Waals surface area contributed by atoms with Gasteiger partial charge in [-0.3, -0.25) is 19.9 Å². The van der Waals surface area contributed by atoms with Crippen LogP contribution in [0, 0.1) is 6.92 Å². The highest BCUT2D eigenvalue weighted by molar-refractivity contribution is 7.15. The molecule has 1 atom stereocenters. The lowest BCUT2D eigenvalue weighted by Crippen LogP contribution is -2.39. The molecule has 1 aromatic heterocycles. The van der Waals surface area contributed by atoms with Gasteiger partial charge in [-0.2, -0.15) is 5.10 Å². The van der Waals surface area contributed by atoms with Gasteiger partial charge >= 0.3 is 0 Å². The molecule has 2 heterocycles. The molecule has 1 aliphatic rings. The highest BCUT2D eigenvalue weighted by Gasteiger charge is 2.35. The fraction of sp³-hybridized carbons (Fsp3) is 0.200. The Labute approximate surface area is 136 Å². The first-order valence-corrected chi connectivity index (χ1v) is 7.81. The predicted molar refractivity (Wildman–Crippen MR) is 89.4 cm³/mol. The molecule has 1 aromatic carbocycles. The highest BCUT2D eigenvalue weighted by atomic mass is 32.1. The molecule has 0 bridgehead atoms. The third kappa shape index (κ3) is 3.21. The lowest BCUT2D eigenvalue weighted by molar-refractivity contribution is -0.119. The number of hydrazone groups is 1. The van der Waals surface area contributed by atoms with Gasteiger partial charge in [-0.15, -0.1) is 11.3 Å². The lowest BCUT2D eigenvalue weighted by Gasteiger charge is -2.20. The second kappa shape index (κ2) is 6.17. The highest BCUT2D eigenvalue weighted by Crippen LogP contribution is 2.25. The monoisotopic (exact) mass is 329 g/mol. The molecular weight excluding hydrogens is 314 g/mol. The van der Waals surface area contributed by atoms with Gasteiger partial charge in [0.25, 0.3) is 5.91 Å². The van der Waals surface area contributed by atoms with Gasteiger partial charge in [-0.25, -0.2) is 4.98 Å². The zero-order chi connectivity index (χ0) is 16.4. The quantitative estimate of drug-likeness (QED) is 0.888. The first kappa shape index (κ1) is 15.2. The largest absolute Gasteiger partial charge is 0.368 e. The van der Waals surface area contributed by atoms with Gasteiger partial charge in [-0.1, -0.05) is 18.2 Å². The third-order valence-electron chi connectivity index (χ3n) is 3.36. The Bertz CT molecular complexity index is 771. The van der Waals surface area contributed by atoms with E-state index in [0.717, 1.165) is 4.88 Å².